The van der Waals surface area contributed by atoms with Crippen LogP contribution in [-0.2, 0) is 0 Å². The first kappa shape index (κ1) is 16.2. The van der Waals surface area contributed by atoms with E-state index in [0.29, 0.717) is 28.2 Å². The molecule has 3 rings (SSSR count). The Bertz CT molecular complexity index is 961. The highest BCUT2D eigenvalue weighted by Crippen LogP contribution is 2.36. The number of fused-ring (bicyclic) bond motifs is 1. The van der Waals surface area contributed by atoms with Crippen molar-refractivity contribution in [3.63, 3.8) is 0 Å². The average molecular weight is 342 g/mol. The zero-order chi connectivity index (χ0) is 18.0. The van der Waals surface area contributed by atoms with Gasteiger partial charge in [0.05, 0.1) is 36.4 Å². The van der Waals surface area contributed by atoms with E-state index in [1.165, 1.54) is 32.7 Å². The molecule has 0 aliphatic carbocycles. The summed E-state index contributed by atoms with van der Waals surface area (Å²) in [5.41, 5.74) is 0.680. The Hall–Kier alpha value is -3.62. The third-order valence-corrected chi connectivity index (χ3v) is 3.59. The number of nitrogens with zero attached hydrogens (tertiary/aromatic N) is 3. The van der Waals surface area contributed by atoms with Crippen molar-refractivity contribution in [2.24, 2.45) is 0 Å². The molecule has 0 radical (unpaired) electrons. The van der Waals surface area contributed by atoms with Gasteiger partial charge in [-0.05, 0) is 12.1 Å². The fraction of sp³-hybridized carbons (Fsp3) is 0.125. The van der Waals surface area contributed by atoms with Crippen molar-refractivity contribution in [2.45, 2.75) is 0 Å². The molecule has 2 N–H and O–H groups in total. The van der Waals surface area contributed by atoms with Gasteiger partial charge in [-0.25, -0.2) is 9.97 Å². The monoisotopic (exact) mass is 342 g/mol. The summed E-state index contributed by atoms with van der Waals surface area (Å²) in [7, 11) is 3.04. The van der Waals surface area contributed by atoms with Gasteiger partial charge in [-0.15, -0.1) is 0 Å². The van der Waals surface area contributed by atoms with Gasteiger partial charge in [-0.3, -0.25) is 10.1 Å². The molecule has 2 aromatic carbocycles. The zero-order valence-electron chi connectivity index (χ0n) is 13.4. The van der Waals surface area contributed by atoms with Crippen LogP contribution in [0.25, 0.3) is 10.9 Å². The number of aromatic nitrogens is 2. The standard InChI is InChI=1S/C16H14N4O5/c1-24-14-6-10-12(7-15(14)25-2)17-8-18-16(10)19-11-4-3-9(20(22)23)5-13(11)21/h3-8,21H,1-2H3,(H,17,18,19). The summed E-state index contributed by atoms with van der Waals surface area (Å²) in [5, 5.41) is 24.3. The number of nitro benzene ring substituents is 1. The summed E-state index contributed by atoms with van der Waals surface area (Å²) in [6, 6.07) is 7.17. The van der Waals surface area contributed by atoms with Gasteiger partial charge in [0, 0.05) is 17.5 Å². The zero-order valence-corrected chi connectivity index (χ0v) is 13.4. The molecule has 3 aromatic rings. The SMILES string of the molecule is COc1cc2ncnc(Nc3ccc([N+](=O)[O-])cc3O)c2cc1OC. The summed E-state index contributed by atoms with van der Waals surface area (Å²) in [6.07, 6.45) is 1.36. The maximum absolute atomic E-state index is 10.8. The van der Waals surface area contributed by atoms with Gasteiger partial charge in [-0.1, -0.05) is 0 Å². The van der Waals surface area contributed by atoms with Crippen LogP contribution in [0.2, 0.25) is 0 Å². The number of ether oxygens (including phenoxy) is 2. The molecule has 0 amide bonds. The van der Waals surface area contributed by atoms with Crippen LogP contribution in [0.3, 0.4) is 0 Å². The molecule has 9 heteroatoms. The minimum atomic E-state index is -0.583. The third kappa shape index (κ3) is 3.07. The molecule has 128 valence electrons. The molecule has 0 aliphatic rings. The number of phenolic OH excluding ortho intramolecular Hbond substituents is 1. The van der Waals surface area contributed by atoms with Crippen molar-refractivity contribution in [2.75, 3.05) is 19.5 Å². The van der Waals surface area contributed by atoms with Crippen LogP contribution in [0.4, 0.5) is 17.2 Å². The van der Waals surface area contributed by atoms with E-state index in [1.54, 1.807) is 12.1 Å². The van der Waals surface area contributed by atoms with Crippen LogP contribution >= 0.6 is 0 Å². The topological polar surface area (TPSA) is 120 Å². The number of anilines is 2. The minimum Gasteiger partial charge on any atom is -0.506 e. The van der Waals surface area contributed by atoms with E-state index < -0.39 is 4.92 Å². The molecule has 0 bridgehead atoms. The summed E-state index contributed by atoms with van der Waals surface area (Å²) < 4.78 is 10.5. The van der Waals surface area contributed by atoms with Crippen molar-refractivity contribution in [1.82, 2.24) is 9.97 Å². The second kappa shape index (κ2) is 6.48. The number of nitro groups is 1. The second-order valence-electron chi connectivity index (χ2n) is 5.03. The summed E-state index contributed by atoms with van der Waals surface area (Å²) in [4.78, 5) is 18.5. The van der Waals surface area contributed by atoms with Crippen molar-refractivity contribution in [3.05, 3.63) is 46.8 Å². The number of rotatable bonds is 5. The van der Waals surface area contributed by atoms with E-state index in [-0.39, 0.29) is 17.1 Å². The first-order chi connectivity index (χ1) is 12.0. The highest BCUT2D eigenvalue weighted by atomic mass is 16.6. The molecule has 0 saturated carbocycles. The molecule has 1 aromatic heterocycles. The lowest BCUT2D eigenvalue weighted by Gasteiger charge is -2.12. The fourth-order valence-corrected chi connectivity index (χ4v) is 2.35. The van der Waals surface area contributed by atoms with Crippen molar-refractivity contribution >= 4 is 28.1 Å². The van der Waals surface area contributed by atoms with E-state index in [1.807, 2.05) is 0 Å². The van der Waals surface area contributed by atoms with E-state index in [9.17, 15) is 15.2 Å². The highest BCUT2D eigenvalue weighted by molar-refractivity contribution is 5.93. The molecular formula is C16H14N4O5. The van der Waals surface area contributed by atoms with Crippen molar-refractivity contribution in [3.8, 4) is 17.2 Å². The Balaban J connectivity index is 2.06. The van der Waals surface area contributed by atoms with Crippen molar-refractivity contribution < 1.29 is 19.5 Å². The predicted octanol–water partition coefficient (Wildman–Crippen LogP) is 3.00. The van der Waals surface area contributed by atoms with Crippen LogP contribution in [-0.4, -0.2) is 34.2 Å². The number of aromatic hydroxyl groups is 1. The van der Waals surface area contributed by atoms with Gasteiger partial charge < -0.3 is 19.9 Å². The number of hydrogen-bond acceptors (Lipinski definition) is 8. The Morgan fingerprint density at radius 3 is 2.48 bits per heavy atom. The van der Waals surface area contributed by atoms with Crippen LogP contribution in [0.5, 0.6) is 17.2 Å². The quantitative estimate of drug-likeness (QED) is 0.412. The minimum absolute atomic E-state index is 0.206. The lowest BCUT2D eigenvalue weighted by atomic mass is 10.2. The second-order valence-corrected chi connectivity index (χ2v) is 5.03. The Morgan fingerprint density at radius 2 is 1.84 bits per heavy atom. The maximum Gasteiger partial charge on any atom is 0.273 e. The molecule has 0 saturated heterocycles. The average Bonchev–Trinajstić information content (AvgIpc) is 2.62. The van der Waals surface area contributed by atoms with Gasteiger partial charge in [0.2, 0.25) is 0 Å². The maximum atomic E-state index is 10.8. The third-order valence-electron chi connectivity index (χ3n) is 3.59. The molecule has 0 atom stereocenters. The molecule has 0 spiro atoms. The molecule has 0 fully saturated rings. The summed E-state index contributed by atoms with van der Waals surface area (Å²) in [5.74, 6) is 1.18. The normalized spacial score (nSPS) is 10.5. The van der Waals surface area contributed by atoms with Gasteiger partial charge in [-0.2, -0.15) is 0 Å². The number of nitrogens with one attached hydrogen (secondary N) is 1. The van der Waals surface area contributed by atoms with E-state index in [2.05, 4.69) is 15.3 Å². The number of phenols is 1. The van der Waals surface area contributed by atoms with Gasteiger partial charge >= 0.3 is 0 Å². The lowest BCUT2D eigenvalue weighted by molar-refractivity contribution is -0.384. The van der Waals surface area contributed by atoms with Gasteiger partial charge in [0.25, 0.3) is 5.69 Å². The van der Waals surface area contributed by atoms with Crippen LogP contribution < -0.4 is 14.8 Å². The van der Waals surface area contributed by atoms with Crippen LogP contribution in [0.15, 0.2) is 36.7 Å². The number of hydrogen-bond donors (Lipinski definition) is 2. The largest absolute Gasteiger partial charge is 0.506 e. The predicted molar refractivity (Wildman–Crippen MR) is 90.7 cm³/mol. The molecular weight excluding hydrogens is 328 g/mol. The van der Waals surface area contributed by atoms with Gasteiger partial charge in [0.1, 0.15) is 17.9 Å². The Morgan fingerprint density at radius 1 is 1.12 bits per heavy atom. The number of non-ortho nitro benzene ring substituents is 1. The summed E-state index contributed by atoms with van der Waals surface area (Å²) >= 11 is 0. The van der Waals surface area contributed by atoms with Crippen LogP contribution in [0, 0.1) is 10.1 Å². The lowest BCUT2D eigenvalue weighted by Crippen LogP contribution is -1.98. The molecule has 25 heavy (non-hydrogen) atoms. The van der Waals surface area contributed by atoms with Crippen LogP contribution in [0.1, 0.15) is 0 Å². The molecule has 0 unspecified atom stereocenters. The van der Waals surface area contributed by atoms with E-state index >= 15 is 0 Å². The van der Waals surface area contributed by atoms with E-state index in [4.69, 9.17) is 9.47 Å². The number of benzene rings is 2. The Kier molecular flexibility index (Phi) is 4.21. The first-order valence-electron chi connectivity index (χ1n) is 7.14. The van der Waals surface area contributed by atoms with Gasteiger partial charge in [0.15, 0.2) is 11.5 Å². The smallest absolute Gasteiger partial charge is 0.273 e. The highest BCUT2D eigenvalue weighted by Gasteiger charge is 2.14. The first-order valence-corrected chi connectivity index (χ1v) is 7.14. The summed E-state index contributed by atoms with van der Waals surface area (Å²) in [6.45, 7) is 0. The van der Waals surface area contributed by atoms with Crippen molar-refractivity contribution in [1.29, 1.82) is 0 Å². The molecule has 1 heterocycles. The fourth-order valence-electron chi connectivity index (χ4n) is 2.35. The molecule has 0 aliphatic heterocycles. The molecule has 9 nitrogen and oxygen atoms in total. The van der Waals surface area contributed by atoms with E-state index in [0.717, 1.165) is 6.07 Å². The Labute approximate surface area is 142 Å². The number of methoxy groups -OCH3 is 2.